The number of para-hydroxylation sites is 1. The lowest BCUT2D eigenvalue weighted by Gasteiger charge is -2.35. The van der Waals surface area contributed by atoms with Crippen LogP contribution in [-0.4, -0.2) is 54.1 Å². The molecule has 0 radical (unpaired) electrons. The van der Waals surface area contributed by atoms with E-state index in [1.165, 1.54) is 43.9 Å². The van der Waals surface area contributed by atoms with Gasteiger partial charge in [-0.05, 0) is 63.1 Å². The van der Waals surface area contributed by atoms with Gasteiger partial charge in [0.15, 0.2) is 6.10 Å². The zero-order valence-corrected chi connectivity index (χ0v) is 15.3. The van der Waals surface area contributed by atoms with E-state index in [4.69, 9.17) is 4.74 Å². The first-order chi connectivity index (χ1) is 11.7. The molecule has 1 amide bonds. The molecule has 3 rings (SSSR count). The number of rotatable bonds is 6. The number of amides is 1. The van der Waals surface area contributed by atoms with Crippen molar-refractivity contribution in [1.82, 2.24) is 10.2 Å². The van der Waals surface area contributed by atoms with Gasteiger partial charge in [0, 0.05) is 18.3 Å². The average molecular weight is 349 g/mol. The van der Waals surface area contributed by atoms with Gasteiger partial charge in [-0.2, -0.15) is 11.8 Å². The summed E-state index contributed by atoms with van der Waals surface area (Å²) >= 11 is 2.08. The SMILES string of the molecule is C[C@@H](Oc1ccccc1)C(=O)NCC1CCN([C@H]2CCSC2)CC1. The summed E-state index contributed by atoms with van der Waals surface area (Å²) in [6, 6.07) is 10.3. The van der Waals surface area contributed by atoms with Crippen LogP contribution < -0.4 is 10.1 Å². The number of thioether (sulfide) groups is 1. The van der Waals surface area contributed by atoms with Crippen molar-refractivity contribution in [3.63, 3.8) is 0 Å². The highest BCUT2D eigenvalue weighted by atomic mass is 32.2. The van der Waals surface area contributed by atoms with Crippen molar-refractivity contribution in [3.8, 4) is 5.75 Å². The van der Waals surface area contributed by atoms with Crippen molar-refractivity contribution in [2.75, 3.05) is 31.1 Å². The van der Waals surface area contributed by atoms with Gasteiger partial charge < -0.3 is 10.1 Å². The third-order valence-electron chi connectivity index (χ3n) is 5.06. The number of benzene rings is 1. The van der Waals surface area contributed by atoms with Gasteiger partial charge in [-0.25, -0.2) is 0 Å². The van der Waals surface area contributed by atoms with Crippen LogP contribution in [0.1, 0.15) is 26.2 Å². The van der Waals surface area contributed by atoms with Gasteiger partial charge in [-0.1, -0.05) is 18.2 Å². The van der Waals surface area contributed by atoms with Crippen molar-refractivity contribution >= 4 is 17.7 Å². The number of nitrogens with one attached hydrogen (secondary N) is 1. The number of likely N-dealkylation sites (tertiary alicyclic amines) is 1. The molecule has 132 valence electrons. The summed E-state index contributed by atoms with van der Waals surface area (Å²) in [5.41, 5.74) is 0. The van der Waals surface area contributed by atoms with Gasteiger partial charge in [-0.3, -0.25) is 9.69 Å². The number of ether oxygens (including phenoxy) is 1. The van der Waals surface area contributed by atoms with E-state index in [-0.39, 0.29) is 5.91 Å². The molecule has 4 nitrogen and oxygen atoms in total. The van der Waals surface area contributed by atoms with E-state index in [2.05, 4.69) is 22.0 Å². The number of hydrogen-bond acceptors (Lipinski definition) is 4. The normalized spacial score (nSPS) is 23.8. The predicted octanol–water partition coefficient (Wildman–Crippen LogP) is 2.79. The summed E-state index contributed by atoms with van der Waals surface area (Å²) in [6.45, 7) is 4.95. The summed E-state index contributed by atoms with van der Waals surface area (Å²) < 4.78 is 5.68. The zero-order valence-electron chi connectivity index (χ0n) is 14.4. The molecule has 2 saturated heterocycles. The van der Waals surface area contributed by atoms with E-state index in [0.29, 0.717) is 5.92 Å². The molecule has 0 bridgehead atoms. The Bertz CT molecular complexity index is 511. The minimum absolute atomic E-state index is 0.0199. The fourth-order valence-corrected chi connectivity index (χ4v) is 4.73. The summed E-state index contributed by atoms with van der Waals surface area (Å²) in [4.78, 5) is 14.9. The number of carbonyl (C=O) groups is 1. The monoisotopic (exact) mass is 348 g/mol. The molecule has 24 heavy (non-hydrogen) atoms. The Hall–Kier alpha value is -1.20. The van der Waals surface area contributed by atoms with Gasteiger partial charge in [0.1, 0.15) is 5.75 Å². The molecule has 2 fully saturated rings. The smallest absolute Gasteiger partial charge is 0.260 e. The highest BCUT2D eigenvalue weighted by Gasteiger charge is 2.27. The molecule has 0 saturated carbocycles. The maximum atomic E-state index is 12.2. The topological polar surface area (TPSA) is 41.6 Å². The molecule has 1 N–H and O–H groups in total. The van der Waals surface area contributed by atoms with Gasteiger partial charge in [0.05, 0.1) is 0 Å². The first kappa shape index (κ1) is 17.6. The molecule has 2 aliphatic heterocycles. The third-order valence-corrected chi connectivity index (χ3v) is 6.21. The highest BCUT2D eigenvalue weighted by Crippen LogP contribution is 2.26. The zero-order chi connectivity index (χ0) is 16.8. The second-order valence-corrected chi connectivity index (χ2v) is 7.96. The Morgan fingerprint density at radius 2 is 2.04 bits per heavy atom. The van der Waals surface area contributed by atoms with Gasteiger partial charge >= 0.3 is 0 Å². The lowest BCUT2D eigenvalue weighted by atomic mass is 9.95. The van der Waals surface area contributed by atoms with Crippen LogP contribution in [0.4, 0.5) is 0 Å². The summed E-state index contributed by atoms with van der Waals surface area (Å²) in [6.07, 6.45) is 3.27. The van der Waals surface area contributed by atoms with Crippen molar-refractivity contribution in [2.24, 2.45) is 5.92 Å². The molecule has 1 aromatic carbocycles. The third kappa shape index (κ3) is 4.90. The van der Waals surface area contributed by atoms with Crippen LogP contribution >= 0.6 is 11.8 Å². The van der Waals surface area contributed by atoms with Gasteiger partial charge in [-0.15, -0.1) is 0 Å². The van der Waals surface area contributed by atoms with E-state index in [9.17, 15) is 4.79 Å². The number of hydrogen-bond donors (Lipinski definition) is 1. The highest BCUT2D eigenvalue weighted by molar-refractivity contribution is 7.99. The molecule has 0 unspecified atom stereocenters. The molecule has 0 aliphatic carbocycles. The Morgan fingerprint density at radius 3 is 2.71 bits per heavy atom. The molecule has 0 spiro atoms. The van der Waals surface area contributed by atoms with Crippen LogP contribution in [0.25, 0.3) is 0 Å². The van der Waals surface area contributed by atoms with Gasteiger partial charge in [0.2, 0.25) is 0 Å². The summed E-state index contributed by atoms with van der Waals surface area (Å²) in [5, 5.41) is 3.07. The van der Waals surface area contributed by atoms with Crippen molar-refractivity contribution < 1.29 is 9.53 Å². The second kappa shape index (κ2) is 8.77. The maximum absolute atomic E-state index is 12.2. The minimum Gasteiger partial charge on any atom is -0.481 e. The predicted molar refractivity (Wildman–Crippen MR) is 99.6 cm³/mol. The van der Waals surface area contributed by atoms with E-state index in [0.717, 1.165) is 18.3 Å². The average Bonchev–Trinajstić information content (AvgIpc) is 3.15. The van der Waals surface area contributed by atoms with Crippen LogP contribution in [0, 0.1) is 5.92 Å². The van der Waals surface area contributed by atoms with Crippen LogP contribution in [0.3, 0.4) is 0 Å². The van der Waals surface area contributed by atoms with Crippen LogP contribution in [0.5, 0.6) is 5.75 Å². The van der Waals surface area contributed by atoms with E-state index >= 15 is 0 Å². The number of nitrogens with zero attached hydrogens (tertiary/aromatic N) is 1. The standard InChI is InChI=1S/C19H28N2O2S/c1-15(23-18-5-3-2-4-6-18)19(22)20-13-16-7-10-21(11-8-16)17-9-12-24-14-17/h2-6,15-17H,7-14H2,1H3,(H,20,22)/t15-,17+/m1/s1. The molecule has 1 aromatic rings. The van der Waals surface area contributed by atoms with Crippen molar-refractivity contribution in [1.29, 1.82) is 0 Å². The molecule has 2 atom stereocenters. The molecule has 2 heterocycles. The largest absolute Gasteiger partial charge is 0.481 e. The number of piperidine rings is 1. The lowest BCUT2D eigenvalue weighted by molar-refractivity contribution is -0.127. The fourth-order valence-electron chi connectivity index (χ4n) is 3.48. The van der Waals surface area contributed by atoms with E-state index in [1.807, 2.05) is 37.3 Å². The van der Waals surface area contributed by atoms with E-state index < -0.39 is 6.10 Å². The van der Waals surface area contributed by atoms with Crippen LogP contribution in [0.15, 0.2) is 30.3 Å². The first-order valence-electron chi connectivity index (χ1n) is 9.03. The van der Waals surface area contributed by atoms with Crippen molar-refractivity contribution in [2.45, 2.75) is 38.3 Å². The van der Waals surface area contributed by atoms with Crippen LogP contribution in [-0.2, 0) is 4.79 Å². The first-order valence-corrected chi connectivity index (χ1v) is 10.2. The molecular weight excluding hydrogens is 320 g/mol. The number of carbonyl (C=O) groups excluding carboxylic acids is 1. The Balaban J connectivity index is 1.36. The Labute approximate surface area is 149 Å². The Morgan fingerprint density at radius 1 is 1.29 bits per heavy atom. The molecule has 2 aliphatic rings. The summed E-state index contributed by atoms with van der Waals surface area (Å²) in [7, 11) is 0. The molecule has 0 aromatic heterocycles. The second-order valence-electron chi connectivity index (χ2n) is 6.82. The lowest BCUT2D eigenvalue weighted by Crippen LogP contribution is -2.45. The minimum atomic E-state index is -0.456. The fraction of sp³-hybridized carbons (Fsp3) is 0.632. The quantitative estimate of drug-likeness (QED) is 0.858. The summed E-state index contributed by atoms with van der Waals surface area (Å²) in [5.74, 6) is 3.94. The Kier molecular flexibility index (Phi) is 6.44. The van der Waals surface area contributed by atoms with Crippen molar-refractivity contribution in [3.05, 3.63) is 30.3 Å². The van der Waals surface area contributed by atoms with Crippen LogP contribution in [0.2, 0.25) is 0 Å². The molecular formula is C19H28N2O2S. The maximum Gasteiger partial charge on any atom is 0.260 e. The van der Waals surface area contributed by atoms with E-state index in [1.54, 1.807) is 0 Å². The van der Waals surface area contributed by atoms with Gasteiger partial charge in [0.25, 0.3) is 5.91 Å². The molecule has 5 heteroatoms.